The molecule has 0 saturated heterocycles. The number of benzene rings is 2. The van der Waals surface area contributed by atoms with Gasteiger partial charge in [0.25, 0.3) is 5.91 Å². The van der Waals surface area contributed by atoms with Gasteiger partial charge in [-0.1, -0.05) is 18.2 Å². The molecule has 0 spiro atoms. The van der Waals surface area contributed by atoms with Gasteiger partial charge in [0.05, 0.1) is 35.2 Å². The van der Waals surface area contributed by atoms with Crippen LogP contribution < -0.4 is 5.32 Å². The first kappa shape index (κ1) is 25.8. The van der Waals surface area contributed by atoms with Gasteiger partial charge in [0.2, 0.25) is 0 Å². The molecule has 6 nitrogen and oxygen atoms in total. The Morgan fingerprint density at radius 3 is 2.58 bits per heavy atom. The summed E-state index contributed by atoms with van der Waals surface area (Å²) in [5, 5.41) is 4.20. The third-order valence-corrected chi connectivity index (χ3v) is 7.39. The van der Waals surface area contributed by atoms with Crippen LogP contribution in [0.3, 0.4) is 0 Å². The number of hydrogen-bond donors (Lipinski definition) is 1. The van der Waals surface area contributed by atoms with Crippen molar-refractivity contribution in [1.82, 2.24) is 14.9 Å². The molecule has 0 atom stereocenters. The van der Waals surface area contributed by atoms with Gasteiger partial charge in [-0.15, -0.1) is 0 Å². The zero-order valence-corrected chi connectivity index (χ0v) is 20.9. The average molecular weight is 524 g/mol. The third kappa shape index (κ3) is 5.37. The number of methoxy groups -OCH3 is 1. The summed E-state index contributed by atoms with van der Waals surface area (Å²) in [4.78, 5) is 29.5. The first-order chi connectivity index (χ1) is 18.2. The largest absolute Gasteiger partial charge is 0.469 e. The standard InChI is InChI=1S/C29H28F3N3O3/c1-38-28(37)21-8-4-18(5-9-21)16-34-27(36)24-15-23(29(30,31)32)14-22-10-12-35(26(22)24)17-19-6-7-20-3-2-11-33-25(20)13-19/h2-3,6-7,10-15,18,21H,4-5,8-9,16-17H2,1H3,(H,34,36)/t18-,21-. The molecule has 1 aliphatic carbocycles. The number of hydrogen-bond acceptors (Lipinski definition) is 4. The lowest BCUT2D eigenvalue weighted by Crippen LogP contribution is -2.33. The van der Waals surface area contributed by atoms with Gasteiger partial charge < -0.3 is 14.6 Å². The van der Waals surface area contributed by atoms with Crippen molar-refractivity contribution in [3.8, 4) is 0 Å². The Hall–Kier alpha value is -3.88. The summed E-state index contributed by atoms with van der Waals surface area (Å²) in [6.45, 7) is 0.709. The van der Waals surface area contributed by atoms with Crippen molar-refractivity contribution in [2.24, 2.45) is 11.8 Å². The van der Waals surface area contributed by atoms with E-state index in [2.05, 4.69) is 10.3 Å². The van der Waals surface area contributed by atoms with E-state index in [1.54, 1.807) is 23.0 Å². The van der Waals surface area contributed by atoms with Crippen LogP contribution in [0.5, 0.6) is 0 Å². The highest BCUT2D eigenvalue weighted by molar-refractivity contribution is 6.06. The molecule has 0 bridgehead atoms. The van der Waals surface area contributed by atoms with Crippen molar-refractivity contribution in [3.63, 3.8) is 0 Å². The van der Waals surface area contributed by atoms with Gasteiger partial charge in [-0.2, -0.15) is 13.2 Å². The number of esters is 1. The van der Waals surface area contributed by atoms with Crippen LogP contribution in [0.4, 0.5) is 13.2 Å². The Balaban J connectivity index is 1.40. The number of fused-ring (bicyclic) bond motifs is 2. The topological polar surface area (TPSA) is 73.2 Å². The van der Waals surface area contributed by atoms with Gasteiger partial charge in [-0.3, -0.25) is 14.6 Å². The summed E-state index contributed by atoms with van der Waals surface area (Å²) in [6.07, 6.45) is 1.66. The van der Waals surface area contributed by atoms with Crippen LogP contribution in [0.25, 0.3) is 21.8 Å². The van der Waals surface area contributed by atoms with Crippen molar-refractivity contribution in [3.05, 3.63) is 77.6 Å². The molecule has 0 unspecified atom stereocenters. The SMILES string of the molecule is COC(=O)[C@H]1CC[C@H](CNC(=O)c2cc(C(F)(F)F)cc3ccn(Cc4ccc5cccnc5c4)c23)CC1. The first-order valence-corrected chi connectivity index (χ1v) is 12.6. The predicted octanol–water partition coefficient (Wildman–Crippen LogP) is 5.97. The Morgan fingerprint density at radius 1 is 1.05 bits per heavy atom. The number of amides is 1. The van der Waals surface area contributed by atoms with E-state index in [-0.39, 0.29) is 23.4 Å². The van der Waals surface area contributed by atoms with Crippen molar-refractivity contribution in [1.29, 1.82) is 0 Å². The lowest BCUT2D eigenvalue weighted by Gasteiger charge is -2.27. The van der Waals surface area contributed by atoms with Crippen molar-refractivity contribution in [2.45, 2.75) is 38.4 Å². The second-order valence-electron chi connectivity index (χ2n) is 9.88. The summed E-state index contributed by atoms with van der Waals surface area (Å²) in [5.41, 5.74) is 1.32. The van der Waals surface area contributed by atoms with E-state index >= 15 is 0 Å². The molecule has 1 fully saturated rings. The number of aromatic nitrogens is 2. The molecular weight excluding hydrogens is 495 g/mol. The quantitative estimate of drug-likeness (QED) is 0.316. The van der Waals surface area contributed by atoms with Gasteiger partial charge in [-0.25, -0.2) is 0 Å². The van der Waals surface area contributed by atoms with Gasteiger partial charge in [0.15, 0.2) is 0 Å². The summed E-state index contributed by atoms with van der Waals surface area (Å²) in [5.74, 6) is -0.750. The second-order valence-corrected chi connectivity index (χ2v) is 9.88. The van der Waals surface area contributed by atoms with Gasteiger partial charge in [0.1, 0.15) is 0 Å². The number of halogens is 3. The van der Waals surface area contributed by atoms with Crippen LogP contribution >= 0.6 is 0 Å². The number of nitrogens with one attached hydrogen (secondary N) is 1. The lowest BCUT2D eigenvalue weighted by molar-refractivity contribution is -0.146. The molecule has 2 heterocycles. The smallest absolute Gasteiger partial charge is 0.416 e. The summed E-state index contributed by atoms with van der Waals surface area (Å²) < 4.78 is 47.7. The van der Waals surface area contributed by atoms with Crippen molar-refractivity contribution < 1.29 is 27.5 Å². The van der Waals surface area contributed by atoms with E-state index in [9.17, 15) is 22.8 Å². The molecule has 2 aromatic carbocycles. The number of nitrogens with zero attached hydrogens (tertiary/aromatic N) is 2. The molecule has 1 N–H and O–H groups in total. The maximum Gasteiger partial charge on any atom is 0.416 e. The summed E-state index contributed by atoms with van der Waals surface area (Å²) >= 11 is 0. The fourth-order valence-corrected chi connectivity index (χ4v) is 5.33. The molecule has 0 aliphatic heterocycles. The highest BCUT2D eigenvalue weighted by atomic mass is 19.4. The fraction of sp³-hybridized carbons (Fsp3) is 0.345. The Kier molecular flexibility index (Phi) is 7.10. The summed E-state index contributed by atoms with van der Waals surface area (Å²) in [6, 6.07) is 13.3. The highest BCUT2D eigenvalue weighted by Crippen LogP contribution is 2.34. The van der Waals surface area contributed by atoms with E-state index in [0.29, 0.717) is 36.8 Å². The number of alkyl halides is 3. The van der Waals surface area contributed by atoms with Gasteiger partial charge in [0, 0.05) is 36.3 Å². The Labute approximate surface area is 217 Å². The van der Waals surface area contributed by atoms with E-state index < -0.39 is 17.6 Å². The zero-order chi connectivity index (χ0) is 26.9. The normalized spacial score (nSPS) is 18.0. The molecule has 0 radical (unpaired) electrons. The first-order valence-electron chi connectivity index (χ1n) is 12.6. The molecule has 1 aliphatic rings. The zero-order valence-electron chi connectivity index (χ0n) is 20.9. The van der Waals surface area contributed by atoms with E-state index in [4.69, 9.17) is 4.74 Å². The molecular formula is C29H28F3N3O3. The lowest BCUT2D eigenvalue weighted by atomic mass is 9.82. The monoisotopic (exact) mass is 523 g/mol. The molecule has 198 valence electrons. The van der Waals surface area contributed by atoms with Crippen LogP contribution in [0.1, 0.15) is 47.2 Å². The maximum atomic E-state index is 13.7. The van der Waals surface area contributed by atoms with E-state index in [1.807, 2.05) is 30.3 Å². The molecule has 4 aromatic rings. The van der Waals surface area contributed by atoms with Crippen LogP contribution in [0.2, 0.25) is 0 Å². The van der Waals surface area contributed by atoms with Crippen LogP contribution in [0, 0.1) is 11.8 Å². The number of pyridine rings is 1. The third-order valence-electron chi connectivity index (χ3n) is 7.39. The Morgan fingerprint density at radius 2 is 1.84 bits per heavy atom. The number of carbonyl (C=O) groups excluding carboxylic acids is 2. The minimum Gasteiger partial charge on any atom is -0.469 e. The van der Waals surface area contributed by atoms with Crippen LogP contribution in [-0.2, 0) is 22.3 Å². The molecule has 2 aromatic heterocycles. The van der Waals surface area contributed by atoms with Crippen molar-refractivity contribution in [2.75, 3.05) is 13.7 Å². The average Bonchev–Trinajstić information content (AvgIpc) is 3.33. The molecule has 38 heavy (non-hydrogen) atoms. The van der Waals surface area contributed by atoms with Crippen molar-refractivity contribution >= 4 is 33.7 Å². The molecule has 1 amide bonds. The highest BCUT2D eigenvalue weighted by Gasteiger charge is 2.33. The maximum absolute atomic E-state index is 13.7. The van der Waals surface area contributed by atoms with Crippen LogP contribution in [-0.4, -0.2) is 35.1 Å². The predicted molar refractivity (Wildman–Crippen MR) is 138 cm³/mol. The minimum atomic E-state index is -4.58. The fourth-order valence-electron chi connectivity index (χ4n) is 5.33. The molecule has 1 saturated carbocycles. The number of ether oxygens (including phenoxy) is 1. The number of carbonyl (C=O) groups is 2. The second kappa shape index (κ2) is 10.5. The summed E-state index contributed by atoms with van der Waals surface area (Å²) in [7, 11) is 1.37. The van der Waals surface area contributed by atoms with Gasteiger partial charge in [-0.05, 0) is 67.5 Å². The Bertz CT molecular complexity index is 1490. The van der Waals surface area contributed by atoms with Gasteiger partial charge >= 0.3 is 12.1 Å². The number of rotatable bonds is 6. The minimum absolute atomic E-state index is 0.0121. The molecule has 9 heteroatoms. The molecule has 5 rings (SSSR count). The van der Waals surface area contributed by atoms with Crippen LogP contribution in [0.15, 0.2) is 60.9 Å². The van der Waals surface area contributed by atoms with E-state index in [1.165, 1.54) is 7.11 Å². The van der Waals surface area contributed by atoms with E-state index in [0.717, 1.165) is 41.4 Å².